The highest BCUT2D eigenvalue weighted by Gasteiger charge is 2.38. The molecule has 0 radical (unpaired) electrons. The zero-order valence-corrected chi connectivity index (χ0v) is 21.9. The van der Waals surface area contributed by atoms with Gasteiger partial charge in [0.1, 0.15) is 5.60 Å². The lowest BCUT2D eigenvalue weighted by Gasteiger charge is -2.47. The van der Waals surface area contributed by atoms with Crippen molar-refractivity contribution in [3.63, 3.8) is 0 Å². The number of piperidine rings is 1. The second-order valence-corrected chi connectivity index (χ2v) is 10.3. The average molecular weight is 530 g/mol. The molecule has 2 saturated heterocycles. The third-order valence-corrected chi connectivity index (χ3v) is 6.20. The predicted octanol–water partition coefficient (Wildman–Crippen LogP) is 2.93. The van der Waals surface area contributed by atoms with E-state index in [1.165, 1.54) is 5.69 Å². The largest absolute Gasteiger partial charge is 0.490 e. The Bertz CT molecular complexity index is 910. The van der Waals surface area contributed by atoms with Crippen molar-refractivity contribution >= 4 is 23.8 Å². The van der Waals surface area contributed by atoms with E-state index in [0.717, 1.165) is 51.1 Å². The monoisotopic (exact) mass is 529 g/mol. The van der Waals surface area contributed by atoms with E-state index in [1.807, 2.05) is 20.8 Å². The van der Waals surface area contributed by atoms with Crippen molar-refractivity contribution in [3.05, 3.63) is 29.8 Å². The van der Waals surface area contributed by atoms with Crippen LogP contribution in [-0.2, 0) is 14.3 Å². The van der Waals surface area contributed by atoms with Gasteiger partial charge >= 0.3 is 18.1 Å². The minimum atomic E-state index is -5.08. The van der Waals surface area contributed by atoms with Crippen LogP contribution in [0.4, 0.5) is 18.9 Å². The number of hydrogen-bond acceptors (Lipinski definition) is 8. The molecule has 0 bridgehead atoms. The molecular formula is C25H38F3N5O4. The topological polar surface area (TPSA) is 112 Å². The molecule has 3 rings (SSSR count). The SMILES string of the molecule is CC1CN(c2ccc(C=NN)cc2)CCN1C1CCN(CC(=O)OC(C)(C)C)CC1.O=C(O)C(F)(F)F. The number of aliphatic carboxylic acids is 1. The number of hydrazone groups is 1. The Kier molecular flexibility index (Phi) is 10.7. The molecule has 2 heterocycles. The van der Waals surface area contributed by atoms with Crippen molar-refractivity contribution in [2.24, 2.45) is 10.9 Å². The maximum atomic E-state index is 12.1. The van der Waals surface area contributed by atoms with Crippen LogP contribution in [0.25, 0.3) is 0 Å². The van der Waals surface area contributed by atoms with Gasteiger partial charge in [-0.25, -0.2) is 4.79 Å². The normalized spacial score (nSPS) is 20.4. The van der Waals surface area contributed by atoms with Crippen molar-refractivity contribution in [2.45, 2.75) is 64.4 Å². The molecule has 2 aliphatic heterocycles. The van der Waals surface area contributed by atoms with Gasteiger partial charge in [-0.1, -0.05) is 12.1 Å². The van der Waals surface area contributed by atoms with Crippen LogP contribution >= 0.6 is 0 Å². The smallest absolute Gasteiger partial charge is 0.475 e. The minimum Gasteiger partial charge on any atom is -0.475 e. The van der Waals surface area contributed by atoms with Crippen LogP contribution in [0.5, 0.6) is 0 Å². The number of carboxylic acid groups (broad SMARTS) is 1. The molecular weight excluding hydrogens is 491 g/mol. The first-order chi connectivity index (χ1) is 17.2. The van der Waals surface area contributed by atoms with Gasteiger partial charge in [0.15, 0.2) is 0 Å². The molecule has 12 heteroatoms. The number of carbonyl (C=O) groups is 2. The fraction of sp³-hybridized carbons (Fsp3) is 0.640. The van der Waals surface area contributed by atoms with Gasteiger partial charge in [-0.3, -0.25) is 14.6 Å². The molecule has 2 fully saturated rings. The van der Waals surface area contributed by atoms with Crippen LogP contribution < -0.4 is 10.7 Å². The summed E-state index contributed by atoms with van der Waals surface area (Å²) in [7, 11) is 0. The van der Waals surface area contributed by atoms with Gasteiger partial charge in [-0.15, -0.1) is 0 Å². The van der Waals surface area contributed by atoms with Crippen LogP contribution in [0.15, 0.2) is 29.4 Å². The van der Waals surface area contributed by atoms with Gasteiger partial charge in [0.05, 0.1) is 12.8 Å². The summed E-state index contributed by atoms with van der Waals surface area (Å²) in [5, 5.41) is 10.7. The summed E-state index contributed by atoms with van der Waals surface area (Å²) in [6.07, 6.45) is -1.19. The van der Waals surface area contributed by atoms with E-state index in [4.69, 9.17) is 20.5 Å². The molecule has 0 aromatic heterocycles. The lowest BCUT2D eigenvalue weighted by atomic mass is 9.99. The maximum Gasteiger partial charge on any atom is 0.490 e. The van der Waals surface area contributed by atoms with Gasteiger partial charge in [0.25, 0.3) is 0 Å². The van der Waals surface area contributed by atoms with E-state index in [9.17, 15) is 18.0 Å². The number of carbonyl (C=O) groups excluding carboxylic acids is 1. The van der Waals surface area contributed by atoms with Crippen molar-refractivity contribution in [1.82, 2.24) is 9.80 Å². The van der Waals surface area contributed by atoms with E-state index >= 15 is 0 Å². The standard InChI is InChI=1S/C23H37N5O2.C2HF3O2/c1-18-16-27(20-7-5-19(6-8-20)15-25-24)13-14-28(18)21-9-11-26(12-10-21)17-22(29)30-23(2,3)4;3-2(4,5)1(6)7/h5-8,15,18,21H,9-14,16-17,24H2,1-4H3;(H,6,7). The van der Waals surface area contributed by atoms with Gasteiger partial charge in [-0.2, -0.15) is 18.3 Å². The summed E-state index contributed by atoms with van der Waals surface area (Å²) in [5.41, 5.74) is 1.86. The molecule has 0 spiro atoms. The van der Waals surface area contributed by atoms with Crippen LogP contribution in [-0.4, -0.2) is 96.2 Å². The predicted molar refractivity (Wildman–Crippen MR) is 136 cm³/mol. The molecule has 1 aromatic carbocycles. The zero-order chi connectivity index (χ0) is 27.8. The van der Waals surface area contributed by atoms with Gasteiger partial charge in [-0.05, 0) is 58.2 Å². The van der Waals surface area contributed by atoms with Crippen LogP contribution in [0.1, 0.15) is 46.1 Å². The summed E-state index contributed by atoms with van der Waals surface area (Å²) in [6, 6.07) is 9.52. The highest BCUT2D eigenvalue weighted by atomic mass is 19.4. The third-order valence-electron chi connectivity index (χ3n) is 6.20. The lowest BCUT2D eigenvalue weighted by molar-refractivity contribution is -0.192. The van der Waals surface area contributed by atoms with Crippen LogP contribution in [0.2, 0.25) is 0 Å². The number of piperazine rings is 1. The maximum absolute atomic E-state index is 12.1. The van der Waals surface area contributed by atoms with Gasteiger partial charge in [0, 0.05) is 50.5 Å². The average Bonchev–Trinajstić information content (AvgIpc) is 2.79. The summed E-state index contributed by atoms with van der Waals surface area (Å²) < 4.78 is 37.2. The summed E-state index contributed by atoms with van der Waals surface area (Å²) in [6.45, 7) is 13.5. The first kappa shape index (κ1) is 30.4. The highest BCUT2D eigenvalue weighted by Crippen LogP contribution is 2.25. The van der Waals surface area contributed by atoms with E-state index < -0.39 is 17.7 Å². The molecule has 1 aromatic rings. The number of nitrogens with two attached hydrogens (primary N) is 1. The number of rotatable bonds is 5. The summed E-state index contributed by atoms with van der Waals surface area (Å²) in [4.78, 5) is 28.4. The van der Waals surface area contributed by atoms with Gasteiger partial charge in [0.2, 0.25) is 0 Å². The molecule has 1 unspecified atom stereocenters. The molecule has 2 aliphatic rings. The Morgan fingerprint density at radius 3 is 2.14 bits per heavy atom. The second kappa shape index (κ2) is 13.1. The Labute approximate surface area is 216 Å². The number of ether oxygens (including phenoxy) is 1. The number of nitrogens with zero attached hydrogens (tertiary/aromatic N) is 4. The quantitative estimate of drug-likeness (QED) is 0.259. The first-order valence-electron chi connectivity index (χ1n) is 12.3. The first-order valence-corrected chi connectivity index (χ1v) is 12.3. The fourth-order valence-electron chi connectivity index (χ4n) is 4.57. The van der Waals surface area contributed by atoms with Crippen molar-refractivity contribution in [3.8, 4) is 0 Å². The minimum absolute atomic E-state index is 0.119. The second-order valence-electron chi connectivity index (χ2n) is 10.3. The van der Waals surface area contributed by atoms with Crippen LogP contribution in [0, 0.1) is 0 Å². The van der Waals surface area contributed by atoms with E-state index in [-0.39, 0.29) is 5.97 Å². The van der Waals surface area contributed by atoms with E-state index in [2.05, 4.69) is 51.0 Å². The lowest BCUT2D eigenvalue weighted by Crippen LogP contribution is -2.57. The van der Waals surface area contributed by atoms with Gasteiger partial charge < -0.3 is 20.6 Å². The zero-order valence-electron chi connectivity index (χ0n) is 21.9. The molecule has 1 atom stereocenters. The Hall–Kier alpha value is -2.86. The Balaban J connectivity index is 0.000000604. The number of carboxylic acids is 1. The number of esters is 1. The van der Waals surface area contributed by atoms with E-state index in [1.54, 1.807) is 6.21 Å². The Morgan fingerprint density at radius 1 is 1.11 bits per heavy atom. The summed E-state index contributed by atoms with van der Waals surface area (Å²) >= 11 is 0. The molecule has 0 saturated carbocycles. The van der Waals surface area contributed by atoms with Crippen molar-refractivity contribution in [2.75, 3.05) is 44.2 Å². The van der Waals surface area contributed by atoms with Crippen molar-refractivity contribution in [1.29, 1.82) is 0 Å². The molecule has 37 heavy (non-hydrogen) atoms. The number of likely N-dealkylation sites (tertiary alicyclic amines) is 1. The number of hydrogen-bond donors (Lipinski definition) is 2. The number of halogens is 3. The highest BCUT2D eigenvalue weighted by molar-refractivity contribution is 5.80. The number of benzene rings is 1. The van der Waals surface area contributed by atoms with E-state index in [0.29, 0.717) is 18.6 Å². The number of anilines is 1. The molecule has 0 amide bonds. The molecule has 9 nitrogen and oxygen atoms in total. The van der Waals surface area contributed by atoms with Crippen LogP contribution in [0.3, 0.4) is 0 Å². The molecule has 3 N–H and O–H groups in total. The number of alkyl halides is 3. The Morgan fingerprint density at radius 2 is 1.68 bits per heavy atom. The van der Waals surface area contributed by atoms with Crippen molar-refractivity contribution < 1.29 is 32.6 Å². The third kappa shape index (κ3) is 10.2. The molecule has 0 aliphatic carbocycles. The summed E-state index contributed by atoms with van der Waals surface area (Å²) in [5.74, 6) is 2.35. The molecule has 208 valence electrons. The fourth-order valence-corrected chi connectivity index (χ4v) is 4.57.